The molecule has 1 aliphatic carbocycles. The van der Waals surface area contributed by atoms with Crippen LogP contribution in [-0.4, -0.2) is 29.5 Å². The largest absolute Gasteiger partial charge is 0.490 e. The molecule has 3 nitrogen and oxygen atoms in total. The molecule has 21 heavy (non-hydrogen) atoms. The summed E-state index contributed by atoms with van der Waals surface area (Å²) in [6.45, 7) is 2.66. The lowest BCUT2D eigenvalue weighted by Gasteiger charge is -2.46. The van der Waals surface area contributed by atoms with Crippen molar-refractivity contribution in [2.45, 2.75) is 69.7 Å². The molecule has 0 radical (unpaired) electrons. The molecule has 1 aliphatic heterocycles. The predicted octanol–water partition coefficient (Wildman–Crippen LogP) is 3.48. The van der Waals surface area contributed by atoms with Crippen LogP contribution in [0.25, 0.3) is 0 Å². The van der Waals surface area contributed by atoms with Crippen LogP contribution in [0.4, 0.5) is 0 Å². The molecule has 2 atom stereocenters. The number of aliphatic hydroxyl groups excluding tert-OH is 1. The Morgan fingerprint density at radius 1 is 1.33 bits per heavy atom. The Hall–Kier alpha value is -1.06. The Kier molecular flexibility index (Phi) is 4.51. The molecule has 1 N–H and O–H groups in total. The number of ether oxygens (including phenoxy) is 2. The minimum atomic E-state index is -0.234. The number of aryl methyl sites for hydroxylation is 1. The van der Waals surface area contributed by atoms with Gasteiger partial charge in [0, 0.05) is 12.8 Å². The molecule has 2 unspecified atom stereocenters. The van der Waals surface area contributed by atoms with Crippen LogP contribution in [0.3, 0.4) is 0 Å². The van der Waals surface area contributed by atoms with E-state index in [0.717, 1.165) is 38.0 Å². The van der Waals surface area contributed by atoms with Gasteiger partial charge in [-0.05, 0) is 56.7 Å². The summed E-state index contributed by atoms with van der Waals surface area (Å²) in [4.78, 5) is 0. The zero-order chi connectivity index (χ0) is 14.7. The zero-order valence-electron chi connectivity index (χ0n) is 12.9. The maximum absolute atomic E-state index is 9.33. The van der Waals surface area contributed by atoms with Gasteiger partial charge in [-0.2, -0.15) is 0 Å². The van der Waals surface area contributed by atoms with Crippen molar-refractivity contribution in [1.29, 1.82) is 0 Å². The van der Waals surface area contributed by atoms with Gasteiger partial charge in [0.2, 0.25) is 0 Å². The molecule has 3 rings (SSSR count). The van der Waals surface area contributed by atoms with E-state index in [4.69, 9.17) is 9.47 Å². The van der Waals surface area contributed by atoms with E-state index >= 15 is 0 Å². The zero-order valence-corrected chi connectivity index (χ0v) is 12.9. The van der Waals surface area contributed by atoms with E-state index in [1.165, 1.54) is 24.8 Å². The first-order valence-corrected chi connectivity index (χ1v) is 8.23. The van der Waals surface area contributed by atoms with Crippen LogP contribution in [0.15, 0.2) is 24.3 Å². The Morgan fingerprint density at radius 2 is 2.10 bits per heavy atom. The molecular formula is C18H26O3. The smallest absolute Gasteiger partial charge is 0.119 e. The van der Waals surface area contributed by atoms with E-state index in [1.807, 2.05) is 6.92 Å². The molecule has 1 saturated carbocycles. The highest BCUT2D eigenvalue weighted by Gasteiger charge is 2.43. The Balaban J connectivity index is 1.52. The van der Waals surface area contributed by atoms with E-state index in [2.05, 4.69) is 24.3 Å². The molecule has 1 aromatic rings. The highest BCUT2D eigenvalue weighted by Crippen LogP contribution is 2.43. The molecule has 1 saturated heterocycles. The van der Waals surface area contributed by atoms with Crippen molar-refractivity contribution < 1.29 is 14.6 Å². The van der Waals surface area contributed by atoms with Crippen LogP contribution in [0.5, 0.6) is 5.75 Å². The maximum Gasteiger partial charge on any atom is 0.119 e. The summed E-state index contributed by atoms with van der Waals surface area (Å²) in [6.07, 6.45) is 7.51. The topological polar surface area (TPSA) is 38.7 Å². The first-order chi connectivity index (χ1) is 10.2. The molecular weight excluding hydrogens is 264 g/mol. The molecule has 1 heterocycles. The quantitative estimate of drug-likeness (QED) is 0.902. The highest BCUT2D eigenvalue weighted by atomic mass is 16.5. The summed E-state index contributed by atoms with van der Waals surface area (Å²) >= 11 is 0. The van der Waals surface area contributed by atoms with Crippen molar-refractivity contribution in [3.63, 3.8) is 0 Å². The second-order valence-corrected chi connectivity index (χ2v) is 6.65. The van der Waals surface area contributed by atoms with Crippen LogP contribution in [-0.2, 0) is 11.2 Å². The second kappa shape index (κ2) is 6.37. The summed E-state index contributed by atoms with van der Waals surface area (Å²) in [6, 6.07) is 8.33. The fourth-order valence-electron chi connectivity index (χ4n) is 3.31. The van der Waals surface area contributed by atoms with Crippen LogP contribution >= 0.6 is 0 Å². The van der Waals surface area contributed by atoms with Crippen molar-refractivity contribution in [2.24, 2.45) is 0 Å². The molecule has 0 aromatic heterocycles. The van der Waals surface area contributed by atoms with E-state index in [0.29, 0.717) is 6.10 Å². The predicted molar refractivity (Wildman–Crippen MR) is 82.6 cm³/mol. The van der Waals surface area contributed by atoms with Crippen molar-refractivity contribution in [3.05, 3.63) is 29.8 Å². The minimum Gasteiger partial charge on any atom is -0.490 e. The molecule has 1 spiro atoms. The summed E-state index contributed by atoms with van der Waals surface area (Å²) in [5, 5.41) is 9.33. The summed E-state index contributed by atoms with van der Waals surface area (Å²) in [5.74, 6) is 0.956. The Morgan fingerprint density at radius 3 is 2.71 bits per heavy atom. The van der Waals surface area contributed by atoms with Gasteiger partial charge in [-0.1, -0.05) is 12.1 Å². The van der Waals surface area contributed by atoms with Gasteiger partial charge >= 0.3 is 0 Å². The molecule has 2 fully saturated rings. The SMILES string of the molecule is CC(O)CCc1ccc(OC2CCOC3(CCC3)C2)cc1. The van der Waals surface area contributed by atoms with Crippen molar-refractivity contribution >= 4 is 0 Å². The van der Waals surface area contributed by atoms with Gasteiger partial charge in [0.05, 0.1) is 18.3 Å². The fraction of sp³-hybridized carbons (Fsp3) is 0.667. The third-order valence-electron chi connectivity index (χ3n) is 4.79. The third-order valence-corrected chi connectivity index (χ3v) is 4.79. The normalized spacial score (nSPS) is 25.3. The Labute approximate surface area is 127 Å². The van der Waals surface area contributed by atoms with Crippen LogP contribution < -0.4 is 4.74 Å². The van der Waals surface area contributed by atoms with Gasteiger partial charge in [-0.3, -0.25) is 0 Å². The van der Waals surface area contributed by atoms with E-state index in [1.54, 1.807) is 0 Å². The number of rotatable bonds is 5. The van der Waals surface area contributed by atoms with Gasteiger partial charge in [0.15, 0.2) is 0 Å². The second-order valence-electron chi connectivity index (χ2n) is 6.65. The van der Waals surface area contributed by atoms with E-state index in [-0.39, 0.29) is 11.7 Å². The molecule has 2 aliphatic rings. The molecule has 116 valence electrons. The van der Waals surface area contributed by atoms with E-state index in [9.17, 15) is 5.11 Å². The van der Waals surface area contributed by atoms with E-state index < -0.39 is 0 Å². The van der Waals surface area contributed by atoms with Gasteiger partial charge in [-0.25, -0.2) is 0 Å². The average molecular weight is 290 g/mol. The van der Waals surface area contributed by atoms with Crippen LogP contribution in [0.2, 0.25) is 0 Å². The third kappa shape index (κ3) is 3.78. The number of benzene rings is 1. The number of aliphatic hydroxyl groups is 1. The number of hydrogen-bond acceptors (Lipinski definition) is 3. The van der Waals surface area contributed by atoms with Gasteiger partial charge in [0.1, 0.15) is 11.9 Å². The van der Waals surface area contributed by atoms with Crippen LogP contribution in [0.1, 0.15) is 51.0 Å². The lowest BCUT2D eigenvalue weighted by molar-refractivity contribution is -0.153. The molecule has 0 bridgehead atoms. The van der Waals surface area contributed by atoms with Gasteiger partial charge < -0.3 is 14.6 Å². The lowest BCUT2D eigenvalue weighted by Crippen LogP contribution is -2.48. The van der Waals surface area contributed by atoms with Crippen molar-refractivity contribution in [2.75, 3.05) is 6.61 Å². The Bertz CT molecular complexity index is 448. The fourth-order valence-corrected chi connectivity index (χ4v) is 3.31. The van der Waals surface area contributed by atoms with Gasteiger partial charge in [-0.15, -0.1) is 0 Å². The number of hydrogen-bond donors (Lipinski definition) is 1. The van der Waals surface area contributed by atoms with Crippen molar-refractivity contribution in [1.82, 2.24) is 0 Å². The monoisotopic (exact) mass is 290 g/mol. The van der Waals surface area contributed by atoms with Gasteiger partial charge in [0.25, 0.3) is 0 Å². The highest BCUT2D eigenvalue weighted by molar-refractivity contribution is 5.27. The lowest BCUT2D eigenvalue weighted by atomic mass is 9.74. The molecule has 0 amide bonds. The first kappa shape index (κ1) is 14.9. The summed E-state index contributed by atoms with van der Waals surface area (Å²) in [5.41, 5.74) is 1.39. The minimum absolute atomic E-state index is 0.139. The summed E-state index contributed by atoms with van der Waals surface area (Å²) in [7, 11) is 0. The van der Waals surface area contributed by atoms with Crippen molar-refractivity contribution in [3.8, 4) is 5.75 Å². The average Bonchev–Trinajstić information content (AvgIpc) is 2.45. The maximum atomic E-state index is 9.33. The first-order valence-electron chi connectivity index (χ1n) is 8.23. The summed E-state index contributed by atoms with van der Waals surface area (Å²) < 4.78 is 12.1. The standard InChI is InChI=1S/C18H26O3/c1-14(19)3-4-15-5-7-16(8-6-15)21-17-9-12-20-18(13-17)10-2-11-18/h5-8,14,17,19H,2-4,9-13H2,1H3. The molecule has 3 heteroatoms. The molecule has 1 aromatic carbocycles. The van der Waals surface area contributed by atoms with Crippen LogP contribution in [0, 0.1) is 0 Å².